The smallest absolute Gasteiger partial charge is 0.220 e. The van der Waals surface area contributed by atoms with Crippen molar-refractivity contribution in [2.45, 2.75) is 307 Å². The van der Waals surface area contributed by atoms with Crippen LogP contribution in [0.2, 0.25) is 0 Å². The molecule has 1 aliphatic carbocycles. The summed E-state index contributed by atoms with van der Waals surface area (Å²) >= 11 is 0. The lowest BCUT2D eigenvalue weighted by Gasteiger charge is -2.41. The van der Waals surface area contributed by atoms with Crippen molar-refractivity contribution in [2.24, 2.45) is 0 Å². The lowest BCUT2D eigenvalue weighted by molar-refractivity contribution is -0.155. The molecular formula is C51H102N2O7. The molecular weight excluding hydrogens is 753 g/mol. The van der Waals surface area contributed by atoms with Crippen LogP contribution in [-0.2, 0) is 9.53 Å². The molecule has 1 amide bonds. The van der Waals surface area contributed by atoms with Crippen LogP contribution in [-0.4, -0.2) is 93.8 Å². The van der Waals surface area contributed by atoms with Gasteiger partial charge in [0.15, 0.2) is 0 Å². The largest absolute Gasteiger partial charge is 0.390 e. The van der Waals surface area contributed by atoms with Gasteiger partial charge in [0.1, 0.15) is 18.3 Å². The second-order valence-electron chi connectivity index (χ2n) is 18.9. The zero-order valence-corrected chi connectivity index (χ0v) is 39.7. The van der Waals surface area contributed by atoms with E-state index in [1.807, 2.05) is 0 Å². The third kappa shape index (κ3) is 30.3. The number of aliphatic hydroxyl groups excluding tert-OH is 5. The summed E-state index contributed by atoms with van der Waals surface area (Å²) < 4.78 is 5.34. The molecule has 8 atom stereocenters. The van der Waals surface area contributed by atoms with Gasteiger partial charge in [-0.15, -0.1) is 0 Å². The van der Waals surface area contributed by atoms with E-state index >= 15 is 0 Å². The van der Waals surface area contributed by atoms with E-state index < -0.39 is 48.7 Å². The maximum absolute atomic E-state index is 13.1. The normalized spacial score (nSPS) is 21.0. The number of hydrogen-bond donors (Lipinski definition) is 7. The average molecular weight is 855 g/mol. The van der Waals surface area contributed by atoms with Gasteiger partial charge in [-0.25, -0.2) is 0 Å². The van der Waals surface area contributed by atoms with Gasteiger partial charge >= 0.3 is 0 Å². The van der Waals surface area contributed by atoms with Crippen molar-refractivity contribution >= 4 is 5.91 Å². The molecule has 358 valence electrons. The molecule has 0 aromatic carbocycles. The number of methoxy groups -OCH3 is 1. The van der Waals surface area contributed by atoms with Crippen molar-refractivity contribution < 1.29 is 35.1 Å². The monoisotopic (exact) mass is 855 g/mol. The Morgan fingerprint density at radius 3 is 1.23 bits per heavy atom. The fourth-order valence-corrected chi connectivity index (χ4v) is 9.15. The summed E-state index contributed by atoms with van der Waals surface area (Å²) in [5.74, 6) is -0.156. The summed E-state index contributed by atoms with van der Waals surface area (Å²) in [4.78, 5) is 13.1. The van der Waals surface area contributed by atoms with Crippen LogP contribution in [0.5, 0.6) is 0 Å². The van der Waals surface area contributed by atoms with Gasteiger partial charge in [0.2, 0.25) is 5.91 Å². The number of nitrogens with one attached hydrogen (secondary N) is 2. The lowest BCUT2D eigenvalue weighted by Crippen LogP contribution is -2.62. The zero-order chi connectivity index (χ0) is 43.9. The highest BCUT2D eigenvalue weighted by Gasteiger charge is 2.43. The van der Waals surface area contributed by atoms with Crippen molar-refractivity contribution in [3.8, 4) is 0 Å². The topological polar surface area (TPSA) is 152 Å². The van der Waals surface area contributed by atoms with Gasteiger partial charge in [-0.1, -0.05) is 232 Å². The van der Waals surface area contributed by atoms with Crippen LogP contribution in [0.3, 0.4) is 0 Å². The highest BCUT2D eigenvalue weighted by atomic mass is 16.5. The van der Waals surface area contributed by atoms with Crippen molar-refractivity contribution in [3.05, 3.63) is 0 Å². The molecule has 0 heterocycles. The SMILES string of the molecule is CCCCCCCCCCCCCCCCCCCCCCCCCC(=O)N[C@@H](CN[C@H]1C[C@@H](OC)[C@@H](O)[C@@H](O)[C@H]1O)[C@H](O)[C@H](O)CCCCCCCCCCCCCC. The van der Waals surface area contributed by atoms with Crippen LogP contribution in [0.4, 0.5) is 0 Å². The first kappa shape index (κ1) is 57.2. The van der Waals surface area contributed by atoms with Gasteiger partial charge < -0.3 is 40.9 Å². The molecule has 0 saturated heterocycles. The highest BCUT2D eigenvalue weighted by Crippen LogP contribution is 2.24. The summed E-state index contributed by atoms with van der Waals surface area (Å²) in [7, 11) is 1.45. The molecule has 1 fully saturated rings. The fraction of sp³-hybridized carbons (Fsp3) is 0.980. The number of unbranched alkanes of at least 4 members (excludes halogenated alkanes) is 33. The quantitative estimate of drug-likeness (QED) is 0.0299. The predicted molar refractivity (Wildman–Crippen MR) is 251 cm³/mol. The molecule has 9 heteroatoms. The van der Waals surface area contributed by atoms with E-state index in [4.69, 9.17) is 4.74 Å². The first-order chi connectivity index (χ1) is 29.3. The van der Waals surface area contributed by atoms with E-state index in [1.165, 1.54) is 193 Å². The number of ether oxygens (including phenoxy) is 1. The third-order valence-electron chi connectivity index (χ3n) is 13.4. The van der Waals surface area contributed by atoms with E-state index in [9.17, 15) is 30.3 Å². The molecule has 0 aromatic rings. The van der Waals surface area contributed by atoms with Crippen LogP contribution in [0, 0.1) is 0 Å². The van der Waals surface area contributed by atoms with Gasteiger partial charge in [0.05, 0.1) is 24.4 Å². The summed E-state index contributed by atoms with van der Waals surface area (Å²) in [5, 5.41) is 59.8. The van der Waals surface area contributed by atoms with Gasteiger partial charge in [-0.3, -0.25) is 4.79 Å². The summed E-state index contributed by atoms with van der Waals surface area (Å²) in [6.07, 6.45) is 39.6. The molecule has 60 heavy (non-hydrogen) atoms. The number of carbonyl (C=O) groups is 1. The molecule has 0 radical (unpaired) electrons. The number of amides is 1. The van der Waals surface area contributed by atoms with E-state index in [1.54, 1.807) is 0 Å². The Bertz CT molecular complexity index is 926. The summed E-state index contributed by atoms with van der Waals surface area (Å²) in [5.41, 5.74) is 0. The number of hydrogen-bond acceptors (Lipinski definition) is 8. The zero-order valence-electron chi connectivity index (χ0n) is 39.7. The third-order valence-corrected chi connectivity index (χ3v) is 13.4. The van der Waals surface area contributed by atoms with Crippen molar-refractivity contribution in [3.63, 3.8) is 0 Å². The highest BCUT2D eigenvalue weighted by molar-refractivity contribution is 5.76. The Labute approximate surface area is 370 Å². The first-order valence-corrected chi connectivity index (χ1v) is 26.2. The molecule has 1 aliphatic rings. The molecule has 0 aliphatic heterocycles. The molecule has 0 unspecified atom stereocenters. The average Bonchev–Trinajstić information content (AvgIpc) is 3.25. The van der Waals surface area contributed by atoms with Crippen LogP contribution in [0.15, 0.2) is 0 Å². The van der Waals surface area contributed by atoms with E-state index in [-0.39, 0.29) is 18.9 Å². The van der Waals surface area contributed by atoms with Gasteiger partial charge in [-0.2, -0.15) is 0 Å². The van der Waals surface area contributed by atoms with Crippen molar-refractivity contribution in [2.75, 3.05) is 13.7 Å². The Kier molecular flexibility index (Phi) is 39.0. The molecule has 0 bridgehead atoms. The van der Waals surface area contributed by atoms with Crippen LogP contribution >= 0.6 is 0 Å². The Hall–Kier alpha value is -0.810. The van der Waals surface area contributed by atoms with Gasteiger partial charge in [-0.05, 0) is 19.3 Å². The van der Waals surface area contributed by atoms with Gasteiger partial charge in [0.25, 0.3) is 0 Å². The Balaban J connectivity index is 2.26. The minimum Gasteiger partial charge on any atom is -0.390 e. The maximum atomic E-state index is 13.1. The van der Waals surface area contributed by atoms with Crippen molar-refractivity contribution in [1.82, 2.24) is 10.6 Å². The first-order valence-electron chi connectivity index (χ1n) is 26.2. The Morgan fingerprint density at radius 2 is 0.867 bits per heavy atom. The van der Waals surface area contributed by atoms with Gasteiger partial charge in [0, 0.05) is 26.1 Å². The fourth-order valence-electron chi connectivity index (χ4n) is 9.15. The molecule has 0 spiro atoms. The summed E-state index contributed by atoms with van der Waals surface area (Å²) in [6, 6.07) is -1.39. The molecule has 1 rings (SSSR count). The van der Waals surface area contributed by atoms with Crippen molar-refractivity contribution in [1.29, 1.82) is 0 Å². The van der Waals surface area contributed by atoms with Crippen LogP contribution in [0.1, 0.15) is 258 Å². The Morgan fingerprint density at radius 1 is 0.517 bits per heavy atom. The van der Waals surface area contributed by atoms with Crippen LogP contribution < -0.4 is 10.6 Å². The maximum Gasteiger partial charge on any atom is 0.220 e. The summed E-state index contributed by atoms with van der Waals surface area (Å²) in [6.45, 7) is 4.64. The van der Waals surface area contributed by atoms with E-state index in [2.05, 4.69) is 24.5 Å². The number of carbonyl (C=O) groups excluding carboxylic acids is 1. The number of rotatable bonds is 44. The van der Waals surface area contributed by atoms with E-state index in [0.29, 0.717) is 12.8 Å². The molecule has 9 nitrogen and oxygen atoms in total. The predicted octanol–water partition coefficient (Wildman–Crippen LogP) is 11.1. The second-order valence-corrected chi connectivity index (χ2v) is 18.9. The molecule has 7 N–H and O–H groups in total. The van der Waals surface area contributed by atoms with Crippen LogP contribution in [0.25, 0.3) is 0 Å². The molecule has 1 saturated carbocycles. The second kappa shape index (κ2) is 40.9. The minimum absolute atomic E-state index is 0.1000. The van der Waals surface area contributed by atoms with E-state index in [0.717, 1.165) is 38.5 Å². The standard InChI is InChI=1S/C51H102N2O7/c1-4-6-8-10-12-14-16-18-19-20-21-22-23-24-25-26-27-28-30-32-34-36-38-40-47(55)53-44(42-52-43-41-46(60-3)50(58)51(59)49(43)57)48(56)45(54)39-37-35-33-31-29-17-15-13-11-9-7-5-2/h43-46,48-52,54,56-59H,4-42H2,1-3H3,(H,53,55)/t43-,44-,45+,46+,48-,49-,50+,51-/m0/s1. The minimum atomic E-state index is -1.38. The lowest BCUT2D eigenvalue weighted by atomic mass is 9.85. The molecule has 0 aromatic heterocycles. The number of aliphatic hydroxyl groups is 5.